The lowest BCUT2D eigenvalue weighted by Gasteiger charge is -2.28. The van der Waals surface area contributed by atoms with Gasteiger partial charge in [0, 0.05) is 30.1 Å². The molecule has 2 aromatic carbocycles. The van der Waals surface area contributed by atoms with E-state index >= 15 is 0 Å². The molecule has 1 N–H and O–H groups in total. The number of halogens is 2. The summed E-state index contributed by atoms with van der Waals surface area (Å²) < 4.78 is 34.9. The van der Waals surface area contributed by atoms with Crippen LogP contribution in [-0.4, -0.2) is 45.3 Å². The molecule has 2 aliphatic rings. The second-order valence-corrected chi connectivity index (χ2v) is 10.3. The minimum atomic E-state index is -0.759. The van der Waals surface area contributed by atoms with Crippen molar-refractivity contribution in [2.24, 2.45) is 5.92 Å². The van der Waals surface area contributed by atoms with E-state index in [1.807, 2.05) is 13.0 Å². The SMILES string of the molecule is COC(=O)N1CCc2ccc3c(nc([C@H]4CC[C@H](C(=O)O)CC4)n3[C@@H](C)Cc3cc(F)cc(F)c3)c2C1. The molecule has 0 radical (unpaired) electrons. The van der Waals surface area contributed by atoms with Gasteiger partial charge < -0.3 is 19.3 Å². The Morgan fingerprint density at radius 2 is 1.84 bits per heavy atom. The number of aromatic nitrogens is 2. The molecule has 1 atom stereocenters. The topological polar surface area (TPSA) is 84.7 Å². The number of carboxylic acids is 1. The molecule has 5 rings (SSSR count). The number of carbonyl (C=O) groups excluding carboxylic acids is 1. The van der Waals surface area contributed by atoms with Crippen molar-refractivity contribution in [2.75, 3.05) is 13.7 Å². The highest BCUT2D eigenvalue weighted by Gasteiger charge is 2.32. The van der Waals surface area contributed by atoms with E-state index in [9.17, 15) is 23.5 Å². The van der Waals surface area contributed by atoms with Gasteiger partial charge in [0.1, 0.15) is 17.5 Å². The van der Waals surface area contributed by atoms with Gasteiger partial charge in [-0.3, -0.25) is 4.79 Å². The van der Waals surface area contributed by atoms with Gasteiger partial charge in [-0.25, -0.2) is 18.6 Å². The average Bonchev–Trinajstić information content (AvgIpc) is 3.27. The Hall–Kier alpha value is -3.49. The van der Waals surface area contributed by atoms with Crippen LogP contribution in [0.4, 0.5) is 13.6 Å². The smallest absolute Gasteiger partial charge is 0.409 e. The second-order valence-electron chi connectivity index (χ2n) is 10.3. The van der Waals surface area contributed by atoms with E-state index < -0.39 is 17.6 Å². The van der Waals surface area contributed by atoms with Crippen LogP contribution in [0.1, 0.15) is 67.1 Å². The monoisotopic (exact) mass is 511 g/mol. The molecule has 1 aliphatic carbocycles. The zero-order chi connectivity index (χ0) is 26.3. The lowest BCUT2D eigenvalue weighted by molar-refractivity contribution is -0.142. The van der Waals surface area contributed by atoms with E-state index in [0.717, 1.165) is 34.1 Å². The molecule has 0 spiro atoms. The minimum Gasteiger partial charge on any atom is -0.481 e. The van der Waals surface area contributed by atoms with Gasteiger partial charge in [0.25, 0.3) is 0 Å². The summed E-state index contributed by atoms with van der Waals surface area (Å²) >= 11 is 0. The number of amides is 1. The fraction of sp³-hybridized carbons (Fsp3) is 0.464. The molecule has 0 bridgehead atoms. The van der Waals surface area contributed by atoms with Crippen molar-refractivity contribution in [2.45, 2.75) is 64.0 Å². The third kappa shape index (κ3) is 4.91. The van der Waals surface area contributed by atoms with Gasteiger partial charge in [-0.15, -0.1) is 0 Å². The van der Waals surface area contributed by atoms with Gasteiger partial charge in [-0.05, 0) is 74.8 Å². The average molecular weight is 512 g/mol. The van der Waals surface area contributed by atoms with Crippen LogP contribution >= 0.6 is 0 Å². The molecular weight excluding hydrogens is 480 g/mol. The molecular formula is C28H31F2N3O4. The normalized spacial score (nSPS) is 20.5. The first kappa shape index (κ1) is 25.2. The highest BCUT2D eigenvalue weighted by molar-refractivity contribution is 5.82. The molecule has 37 heavy (non-hydrogen) atoms. The fourth-order valence-electron chi connectivity index (χ4n) is 6.01. The fourth-order valence-corrected chi connectivity index (χ4v) is 6.01. The maximum atomic E-state index is 13.9. The Labute approximate surface area is 214 Å². The number of imidazole rings is 1. The molecule has 1 amide bonds. The summed E-state index contributed by atoms with van der Waals surface area (Å²) in [5, 5.41) is 9.46. The van der Waals surface area contributed by atoms with Crippen molar-refractivity contribution < 1.29 is 28.2 Å². The van der Waals surface area contributed by atoms with Crippen molar-refractivity contribution in [1.82, 2.24) is 14.5 Å². The summed E-state index contributed by atoms with van der Waals surface area (Å²) in [7, 11) is 1.37. The van der Waals surface area contributed by atoms with Gasteiger partial charge in [0.05, 0.1) is 30.6 Å². The number of aliphatic carboxylic acids is 1. The number of hydrogen-bond acceptors (Lipinski definition) is 4. The molecule has 2 heterocycles. The summed E-state index contributed by atoms with van der Waals surface area (Å²) in [6.45, 7) is 2.97. The van der Waals surface area contributed by atoms with Crippen LogP contribution in [0.15, 0.2) is 30.3 Å². The third-order valence-electron chi connectivity index (χ3n) is 7.86. The Kier molecular flexibility index (Phi) is 6.88. The lowest BCUT2D eigenvalue weighted by atomic mass is 9.81. The van der Waals surface area contributed by atoms with Crippen molar-refractivity contribution in [3.63, 3.8) is 0 Å². The van der Waals surface area contributed by atoms with Crippen LogP contribution in [0.25, 0.3) is 11.0 Å². The van der Waals surface area contributed by atoms with E-state index in [-0.39, 0.29) is 24.0 Å². The molecule has 1 aliphatic heterocycles. The number of rotatable bonds is 5. The number of benzene rings is 2. The highest BCUT2D eigenvalue weighted by Crippen LogP contribution is 2.40. The summed E-state index contributed by atoms with van der Waals surface area (Å²) in [4.78, 5) is 30.6. The van der Waals surface area contributed by atoms with E-state index in [1.165, 1.54) is 19.2 Å². The van der Waals surface area contributed by atoms with Crippen LogP contribution in [0.5, 0.6) is 0 Å². The van der Waals surface area contributed by atoms with Crippen LogP contribution in [0, 0.1) is 17.6 Å². The number of hydrogen-bond donors (Lipinski definition) is 1. The zero-order valence-corrected chi connectivity index (χ0v) is 21.0. The van der Waals surface area contributed by atoms with Crippen LogP contribution in [-0.2, 0) is 28.9 Å². The molecule has 7 nitrogen and oxygen atoms in total. The minimum absolute atomic E-state index is 0.0747. The number of nitrogens with zero attached hydrogens (tertiary/aromatic N) is 3. The maximum absolute atomic E-state index is 13.9. The lowest BCUT2D eigenvalue weighted by Crippen LogP contribution is -2.35. The quantitative estimate of drug-likeness (QED) is 0.482. The number of ether oxygens (including phenoxy) is 1. The third-order valence-corrected chi connectivity index (χ3v) is 7.86. The summed E-state index contributed by atoms with van der Waals surface area (Å²) in [6.07, 6.45) is 3.31. The van der Waals surface area contributed by atoms with E-state index in [2.05, 4.69) is 10.6 Å². The molecule has 1 fully saturated rings. The van der Waals surface area contributed by atoms with Crippen LogP contribution < -0.4 is 0 Å². The van der Waals surface area contributed by atoms with E-state index in [4.69, 9.17) is 9.72 Å². The van der Waals surface area contributed by atoms with Crippen molar-refractivity contribution in [1.29, 1.82) is 0 Å². The molecule has 3 aromatic rings. The summed E-state index contributed by atoms with van der Waals surface area (Å²) in [5.74, 6) is -1.38. The van der Waals surface area contributed by atoms with E-state index in [0.29, 0.717) is 57.2 Å². The second kappa shape index (κ2) is 10.1. The van der Waals surface area contributed by atoms with Gasteiger partial charge in [-0.2, -0.15) is 0 Å². The molecule has 1 saturated carbocycles. The molecule has 0 unspecified atom stereocenters. The summed E-state index contributed by atoms with van der Waals surface area (Å²) in [6, 6.07) is 7.54. The van der Waals surface area contributed by atoms with Crippen molar-refractivity contribution >= 4 is 23.1 Å². The van der Waals surface area contributed by atoms with Crippen LogP contribution in [0.2, 0.25) is 0 Å². The number of carbonyl (C=O) groups is 2. The standard InChI is InChI=1S/C28H31F2N3O4/c1-16(11-17-12-21(29)14-22(30)13-17)33-24-8-7-18-9-10-32(28(36)37-2)15-23(18)25(24)31-26(33)19-3-5-20(6-4-19)27(34)35/h7-8,12-14,16,19-20H,3-6,9-11,15H2,1-2H3,(H,34,35)/t16-,19-,20-/m0/s1. The van der Waals surface area contributed by atoms with Gasteiger partial charge in [0.2, 0.25) is 0 Å². The Morgan fingerprint density at radius 3 is 2.49 bits per heavy atom. The van der Waals surface area contributed by atoms with Gasteiger partial charge in [0.15, 0.2) is 0 Å². The van der Waals surface area contributed by atoms with Gasteiger partial charge in [-0.1, -0.05) is 6.07 Å². The molecule has 1 aromatic heterocycles. The first-order chi connectivity index (χ1) is 17.7. The Balaban J connectivity index is 1.57. The highest BCUT2D eigenvalue weighted by atomic mass is 19.1. The van der Waals surface area contributed by atoms with E-state index in [1.54, 1.807) is 4.90 Å². The number of fused-ring (bicyclic) bond motifs is 3. The van der Waals surface area contributed by atoms with Crippen molar-refractivity contribution in [3.8, 4) is 0 Å². The van der Waals surface area contributed by atoms with Gasteiger partial charge >= 0.3 is 12.1 Å². The molecule has 0 saturated heterocycles. The Morgan fingerprint density at radius 1 is 1.14 bits per heavy atom. The first-order valence-electron chi connectivity index (χ1n) is 12.8. The number of methoxy groups -OCH3 is 1. The zero-order valence-electron chi connectivity index (χ0n) is 21.0. The van der Waals surface area contributed by atoms with Crippen molar-refractivity contribution in [3.05, 3.63) is 64.5 Å². The maximum Gasteiger partial charge on any atom is 0.409 e. The molecule has 9 heteroatoms. The number of carboxylic acid groups (broad SMARTS) is 1. The molecule has 196 valence electrons. The predicted octanol–water partition coefficient (Wildman–Crippen LogP) is 5.60. The first-order valence-corrected chi connectivity index (χ1v) is 12.8. The van der Waals surface area contributed by atoms with Crippen LogP contribution in [0.3, 0.4) is 0 Å². The summed E-state index contributed by atoms with van der Waals surface area (Å²) in [5.41, 5.74) is 4.40. The largest absolute Gasteiger partial charge is 0.481 e. The predicted molar refractivity (Wildman–Crippen MR) is 133 cm³/mol. The Bertz CT molecular complexity index is 1330.